The Labute approximate surface area is 118 Å². The maximum atomic E-state index is 13.4. The highest BCUT2D eigenvalue weighted by atomic mass is 35.5. The van der Waals surface area contributed by atoms with Gasteiger partial charge in [-0.15, -0.1) is 12.4 Å². The summed E-state index contributed by atoms with van der Waals surface area (Å²) in [4.78, 5) is 11.7. The molecule has 0 saturated carbocycles. The second-order valence-corrected chi connectivity index (χ2v) is 4.25. The van der Waals surface area contributed by atoms with Crippen molar-refractivity contribution in [3.8, 4) is 0 Å². The first-order chi connectivity index (χ1) is 8.45. The lowest BCUT2D eigenvalue weighted by Crippen LogP contribution is -2.39. The molecule has 0 unspecified atom stereocenters. The van der Waals surface area contributed by atoms with Gasteiger partial charge in [0, 0.05) is 18.7 Å². The summed E-state index contributed by atoms with van der Waals surface area (Å²) in [5.41, 5.74) is 0.124. The molecular formula is C13H19ClF2N2O. The number of amides is 1. The van der Waals surface area contributed by atoms with E-state index in [0.717, 1.165) is 12.6 Å². The van der Waals surface area contributed by atoms with Gasteiger partial charge < -0.3 is 10.6 Å². The molecule has 1 rings (SSSR count). The fourth-order valence-electron chi connectivity index (χ4n) is 1.59. The molecule has 0 aliphatic heterocycles. The minimum atomic E-state index is -0.841. The minimum Gasteiger partial charge on any atom is -0.350 e. The molecule has 108 valence electrons. The van der Waals surface area contributed by atoms with Gasteiger partial charge >= 0.3 is 0 Å². The molecule has 0 saturated heterocycles. The largest absolute Gasteiger partial charge is 0.350 e. The zero-order valence-corrected chi connectivity index (χ0v) is 12.0. The highest BCUT2D eigenvalue weighted by Crippen LogP contribution is 2.13. The van der Waals surface area contributed by atoms with E-state index in [0.29, 0.717) is 6.54 Å². The van der Waals surface area contributed by atoms with E-state index >= 15 is 0 Å². The van der Waals surface area contributed by atoms with Crippen molar-refractivity contribution >= 4 is 18.3 Å². The highest BCUT2D eigenvalue weighted by Gasteiger charge is 2.14. The number of carbonyl (C=O) groups is 1. The van der Waals surface area contributed by atoms with Crippen LogP contribution in [0.25, 0.3) is 0 Å². The lowest BCUT2D eigenvalue weighted by Gasteiger charge is -2.13. The van der Waals surface area contributed by atoms with Crippen LogP contribution in [0, 0.1) is 18.6 Å². The summed E-state index contributed by atoms with van der Waals surface area (Å²) >= 11 is 0. The second kappa shape index (κ2) is 8.07. The summed E-state index contributed by atoms with van der Waals surface area (Å²) in [6, 6.07) is 2.05. The molecule has 3 nitrogen and oxygen atoms in total. The maximum absolute atomic E-state index is 13.4. The molecule has 6 heteroatoms. The molecule has 0 radical (unpaired) electrons. The number of hydrogen-bond acceptors (Lipinski definition) is 2. The lowest BCUT2D eigenvalue weighted by atomic mass is 10.1. The molecule has 1 aromatic rings. The van der Waals surface area contributed by atoms with E-state index < -0.39 is 17.5 Å². The predicted molar refractivity (Wildman–Crippen MR) is 73.8 cm³/mol. The molecule has 0 fully saturated rings. The highest BCUT2D eigenvalue weighted by molar-refractivity contribution is 5.94. The Bertz CT molecular complexity index is 441. The third kappa shape index (κ3) is 5.12. The zero-order chi connectivity index (χ0) is 13.7. The SMILES string of the molecule is CCN[C@H](C)CNC(=O)c1cc(C)c(F)cc1F.Cl. The number of aryl methyl sites for hydroxylation is 1. The number of benzene rings is 1. The van der Waals surface area contributed by atoms with Crippen LogP contribution in [0.5, 0.6) is 0 Å². The predicted octanol–water partition coefficient (Wildman–Crippen LogP) is 2.42. The monoisotopic (exact) mass is 292 g/mol. The molecule has 0 aliphatic carbocycles. The first kappa shape index (κ1) is 17.8. The number of hydrogen-bond donors (Lipinski definition) is 2. The zero-order valence-electron chi connectivity index (χ0n) is 11.2. The average molecular weight is 293 g/mol. The van der Waals surface area contributed by atoms with Crippen LogP contribution in [0.3, 0.4) is 0 Å². The average Bonchev–Trinajstić information content (AvgIpc) is 2.31. The van der Waals surface area contributed by atoms with Crippen LogP contribution in [0.4, 0.5) is 8.78 Å². The first-order valence-electron chi connectivity index (χ1n) is 5.93. The molecule has 19 heavy (non-hydrogen) atoms. The Morgan fingerprint density at radius 2 is 1.95 bits per heavy atom. The smallest absolute Gasteiger partial charge is 0.254 e. The van der Waals surface area contributed by atoms with Crippen LogP contribution in [-0.2, 0) is 0 Å². The van der Waals surface area contributed by atoms with E-state index in [1.54, 1.807) is 0 Å². The summed E-state index contributed by atoms with van der Waals surface area (Å²) in [5.74, 6) is -2.02. The first-order valence-corrected chi connectivity index (χ1v) is 5.93. The number of halogens is 3. The van der Waals surface area contributed by atoms with Crippen molar-refractivity contribution in [1.29, 1.82) is 0 Å². The van der Waals surface area contributed by atoms with Crippen LogP contribution in [0.2, 0.25) is 0 Å². The summed E-state index contributed by atoms with van der Waals surface area (Å²) in [7, 11) is 0. The minimum absolute atomic E-state index is 0. The molecular weight excluding hydrogens is 274 g/mol. The third-order valence-electron chi connectivity index (χ3n) is 2.61. The van der Waals surface area contributed by atoms with E-state index in [9.17, 15) is 13.6 Å². The maximum Gasteiger partial charge on any atom is 0.254 e. The van der Waals surface area contributed by atoms with Crippen molar-refractivity contribution < 1.29 is 13.6 Å². The number of nitrogens with one attached hydrogen (secondary N) is 2. The molecule has 0 heterocycles. The Morgan fingerprint density at radius 3 is 2.53 bits per heavy atom. The van der Waals surface area contributed by atoms with Crippen molar-refractivity contribution in [2.45, 2.75) is 26.8 Å². The Kier molecular flexibility index (Phi) is 7.56. The number of carbonyl (C=O) groups excluding carboxylic acids is 1. The van der Waals surface area contributed by atoms with Crippen molar-refractivity contribution in [1.82, 2.24) is 10.6 Å². The number of rotatable bonds is 5. The Hall–Kier alpha value is -1.20. The molecule has 1 amide bonds. The van der Waals surface area contributed by atoms with E-state index in [4.69, 9.17) is 0 Å². The topological polar surface area (TPSA) is 41.1 Å². The summed E-state index contributed by atoms with van der Waals surface area (Å²) in [5, 5.41) is 5.73. The van der Waals surface area contributed by atoms with Gasteiger partial charge in [0.05, 0.1) is 5.56 Å². The van der Waals surface area contributed by atoms with Crippen LogP contribution >= 0.6 is 12.4 Å². The van der Waals surface area contributed by atoms with Gasteiger partial charge in [0.25, 0.3) is 5.91 Å². The Morgan fingerprint density at radius 1 is 1.32 bits per heavy atom. The normalized spacial score (nSPS) is 11.6. The quantitative estimate of drug-likeness (QED) is 0.875. The van der Waals surface area contributed by atoms with Crippen molar-refractivity contribution in [3.05, 3.63) is 34.9 Å². The molecule has 1 atom stereocenters. The van der Waals surface area contributed by atoms with Crippen LogP contribution in [0.1, 0.15) is 29.8 Å². The van der Waals surface area contributed by atoms with E-state index in [1.165, 1.54) is 13.0 Å². The third-order valence-corrected chi connectivity index (χ3v) is 2.61. The fourth-order valence-corrected chi connectivity index (χ4v) is 1.59. The van der Waals surface area contributed by atoms with Gasteiger partial charge in [-0.1, -0.05) is 6.92 Å². The molecule has 2 N–H and O–H groups in total. The molecule has 0 aromatic heterocycles. The van der Waals surface area contributed by atoms with Crippen LogP contribution < -0.4 is 10.6 Å². The van der Waals surface area contributed by atoms with Gasteiger partial charge in [-0.3, -0.25) is 4.79 Å². The lowest BCUT2D eigenvalue weighted by molar-refractivity contribution is 0.0946. The standard InChI is InChI=1S/C13H18F2N2O.ClH/c1-4-16-9(3)7-17-13(18)10-5-8(2)11(14)6-12(10)15;/h5-6,9,16H,4,7H2,1-3H3,(H,17,18);1H/t9-;/m1./s1. The number of likely N-dealkylation sites (N-methyl/N-ethyl adjacent to an activating group) is 1. The van der Waals surface area contributed by atoms with Gasteiger partial charge in [-0.05, 0) is 32.0 Å². The summed E-state index contributed by atoms with van der Waals surface area (Å²) < 4.78 is 26.5. The molecule has 1 aromatic carbocycles. The van der Waals surface area contributed by atoms with E-state index in [2.05, 4.69) is 10.6 Å². The van der Waals surface area contributed by atoms with Gasteiger partial charge in [-0.2, -0.15) is 0 Å². The van der Waals surface area contributed by atoms with E-state index in [1.807, 2.05) is 13.8 Å². The van der Waals surface area contributed by atoms with Crippen molar-refractivity contribution in [2.24, 2.45) is 0 Å². The molecule has 0 spiro atoms. The van der Waals surface area contributed by atoms with Crippen LogP contribution in [-0.4, -0.2) is 25.0 Å². The van der Waals surface area contributed by atoms with Crippen LogP contribution in [0.15, 0.2) is 12.1 Å². The van der Waals surface area contributed by atoms with Gasteiger partial charge in [-0.25, -0.2) is 8.78 Å². The summed E-state index contributed by atoms with van der Waals surface area (Å²) in [6.45, 7) is 6.55. The summed E-state index contributed by atoms with van der Waals surface area (Å²) in [6.07, 6.45) is 0. The fraction of sp³-hybridized carbons (Fsp3) is 0.462. The molecule has 0 aliphatic rings. The van der Waals surface area contributed by atoms with Gasteiger partial charge in [0.15, 0.2) is 0 Å². The van der Waals surface area contributed by atoms with Gasteiger partial charge in [0.1, 0.15) is 11.6 Å². The molecule has 0 bridgehead atoms. The van der Waals surface area contributed by atoms with Gasteiger partial charge in [0.2, 0.25) is 0 Å². The Balaban J connectivity index is 0.00000324. The van der Waals surface area contributed by atoms with Crippen molar-refractivity contribution in [2.75, 3.05) is 13.1 Å². The second-order valence-electron chi connectivity index (χ2n) is 4.25. The van der Waals surface area contributed by atoms with E-state index in [-0.39, 0.29) is 29.6 Å². The van der Waals surface area contributed by atoms with Crippen molar-refractivity contribution in [3.63, 3.8) is 0 Å².